The molecule has 0 fully saturated rings. The first kappa shape index (κ1) is 19.7. The van der Waals surface area contributed by atoms with Crippen molar-refractivity contribution in [3.63, 3.8) is 0 Å². The number of hydrogen-bond acceptors (Lipinski definition) is 4. The number of nitrogens with one attached hydrogen (secondary N) is 2. The van der Waals surface area contributed by atoms with Crippen LogP contribution < -0.4 is 5.32 Å². The average molecular weight is 358 g/mol. The predicted molar refractivity (Wildman–Crippen MR) is 99.2 cm³/mol. The summed E-state index contributed by atoms with van der Waals surface area (Å²) in [6.07, 6.45) is 0. The molecule has 1 aromatic carbocycles. The Balaban J connectivity index is 2.12. The normalized spacial score (nSPS) is 10.6. The zero-order valence-electron chi connectivity index (χ0n) is 15.8. The van der Waals surface area contributed by atoms with Gasteiger partial charge in [0.1, 0.15) is 5.69 Å². The van der Waals surface area contributed by atoms with E-state index in [0.29, 0.717) is 48.9 Å². The molecule has 6 heteroatoms. The van der Waals surface area contributed by atoms with Crippen molar-refractivity contribution in [1.29, 1.82) is 0 Å². The van der Waals surface area contributed by atoms with Gasteiger partial charge in [-0.1, -0.05) is 24.3 Å². The van der Waals surface area contributed by atoms with Crippen LogP contribution in [0.5, 0.6) is 0 Å². The second kappa shape index (κ2) is 9.20. The lowest BCUT2D eigenvalue weighted by Gasteiger charge is -2.11. The van der Waals surface area contributed by atoms with E-state index < -0.39 is 5.97 Å². The SMILES string of the molecule is CCOCc1ccccc1CNC(=O)c1[nH]c(C)c(C(=O)OCC)c1C. The van der Waals surface area contributed by atoms with Gasteiger partial charge in [0.25, 0.3) is 5.91 Å². The Morgan fingerprint density at radius 2 is 1.77 bits per heavy atom. The zero-order valence-corrected chi connectivity index (χ0v) is 15.8. The molecular formula is C20H26N2O4. The Morgan fingerprint density at radius 3 is 2.42 bits per heavy atom. The number of carbonyl (C=O) groups is 2. The van der Waals surface area contributed by atoms with E-state index in [9.17, 15) is 9.59 Å². The molecule has 140 valence electrons. The van der Waals surface area contributed by atoms with E-state index in [1.807, 2.05) is 31.2 Å². The van der Waals surface area contributed by atoms with Crippen LogP contribution in [0.25, 0.3) is 0 Å². The molecule has 0 atom stereocenters. The van der Waals surface area contributed by atoms with Crippen LogP contribution >= 0.6 is 0 Å². The number of rotatable bonds is 8. The van der Waals surface area contributed by atoms with Crippen molar-refractivity contribution < 1.29 is 19.1 Å². The number of aromatic nitrogens is 1. The third kappa shape index (κ3) is 4.52. The van der Waals surface area contributed by atoms with Gasteiger partial charge in [-0.3, -0.25) is 4.79 Å². The number of aromatic amines is 1. The molecule has 6 nitrogen and oxygen atoms in total. The third-order valence-corrected chi connectivity index (χ3v) is 4.16. The van der Waals surface area contributed by atoms with Crippen molar-refractivity contribution in [1.82, 2.24) is 10.3 Å². The molecule has 0 radical (unpaired) electrons. The lowest BCUT2D eigenvalue weighted by molar-refractivity contribution is 0.0525. The summed E-state index contributed by atoms with van der Waals surface area (Å²) >= 11 is 0. The molecule has 0 saturated heterocycles. The number of esters is 1. The Bertz CT molecular complexity index is 780. The standard InChI is InChI=1S/C20H26N2O4/c1-5-25-12-16-10-8-7-9-15(16)11-21-19(23)18-13(3)17(14(4)22-18)20(24)26-6-2/h7-10,22H,5-6,11-12H2,1-4H3,(H,21,23). The molecular weight excluding hydrogens is 332 g/mol. The topological polar surface area (TPSA) is 80.4 Å². The Hall–Kier alpha value is -2.60. The van der Waals surface area contributed by atoms with E-state index in [-0.39, 0.29) is 5.91 Å². The molecule has 2 aromatic rings. The molecule has 0 saturated carbocycles. The molecule has 1 amide bonds. The summed E-state index contributed by atoms with van der Waals surface area (Å²) in [7, 11) is 0. The van der Waals surface area contributed by atoms with Gasteiger partial charge in [0.2, 0.25) is 0 Å². The van der Waals surface area contributed by atoms with Gasteiger partial charge in [0.05, 0.1) is 18.8 Å². The van der Waals surface area contributed by atoms with E-state index in [4.69, 9.17) is 9.47 Å². The van der Waals surface area contributed by atoms with Crippen LogP contribution in [-0.4, -0.2) is 30.1 Å². The number of ether oxygens (including phenoxy) is 2. The smallest absolute Gasteiger partial charge is 0.340 e. The van der Waals surface area contributed by atoms with E-state index in [1.54, 1.807) is 20.8 Å². The molecule has 0 aliphatic rings. The molecule has 26 heavy (non-hydrogen) atoms. The Kier molecular flexibility index (Phi) is 6.97. The Labute approximate surface area is 153 Å². The van der Waals surface area contributed by atoms with Crippen LogP contribution in [0.1, 0.15) is 57.1 Å². The largest absolute Gasteiger partial charge is 0.462 e. The minimum Gasteiger partial charge on any atom is -0.462 e. The molecule has 0 aliphatic heterocycles. The molecule has 2 rings (SSSR count). The third-order valence-electron chi connectivity index (χ3n) is 4.16. The molecule has 0 unspecified atom stereocenters. The van der Waals surface area contributed by atoms with Crippen LogP contribution in [0.3, 0.4) is 0 Å². The monoisotopic (exact) mass is 358 g/mol. The van der Waals surface area contributed by atoms with Gasteiger partial charge in [-0.05, 0) is 44.4 Å². The summed E-state index contributed by atoms with van der Waals surface area (Å²) in [6, 6.07) is 7.83. The quantitative estimate of drug-likeness (QED) is 0.710. The summed E-state index contributed by atoms with van der Waals surface area (Å²) in [5, 5.41) is 2.91. The summed E-state index contributed by atoms with van der Waals surface area (Å²) in [6.45, 7) is 9.02. The lowest BCUT2D eigenvalue weighted by atomic mass is 10.1. The molecule has 0 aliphatic carbocycles. The highest BCUT2D eigenvalue weighted by atomic mass is 16.5. The fourth-order valence-corrected chi connectivity index (χ4v) is 2.83. The highest BCUT2D eigenvalue weighted by molar-refractivity contribution is 6.00. The van der Waals surface area contributed by atoms with Gasteiger partial charge in [-0.2, -0.15) is 0 Å². The molecule has 1 heterocycles. The van der Waals surface area contributed by atoms with Gasteiger partial charge in [0, 0.05) is 18.8 Å². The number of carbonyl (C=O) groups excluding carboxylic acids is 2. The average Bonchev–Trinajstić information content (AvgIpc) is 2.93. The zero-order chi connectivity index (χ0) is 19.1. The van der Waals surface area contributed by atoms with Gasteiger partial charge >= 0.3 is 5.97 Å². The van der Waals surface area contributed by atoms with Crippen LogP contribution in [-0.2, 0) is 22.6 Å². The first-order valence-corrected chi connectivity index (χ1v) is 8.78. The second-order valence-corrected chi connectivity index (χ2v) is 5.93. The van der Waals surface area contributed by atoms with Gasteiger partial charge < -0.3 is 19.8 Å². The van der Waals surface area contributed by atoms with Gasteiger partial charge in [-0.25, -0.2) is 4.79 Å². The van der Waals surface area contributed by atoms with E-state index >= 15 is 0 Å². The van der Waals surface area contributed by atoms with Crippen LogP contribution in [0.2, 0.25) is 0 Å². The summed E-state index contributed by atoms with van der Waals surface area (Å²) in [5.74, 6) is -0.674. The summed E-state index contributed by atoms with van der Waals surface area (Å²) in [4.78, 5) is 27.6. The first-order valence-electron chi connectivity index (χ1n) is 8.78. The van der Waals surface area contributed by atoms with Crippen molar-refractivity contribution in [2.75, 3.05) is 13.2 Å². The maximum Gasteiger partial charge on any atom is 0.340 e. The minimum atomic E-state index is -0.417. The number of amides is 1. The number of aryl methyl sites for hydroxylation is 1. The number of benzene rings is 1. The van der Waals surface area contributed by atoms with E-state index in [2.05, 4.69) is 10.3 Å². The van der Waals surface area contributed by atoms with Crippen LogP contribution in [0.15, 0.2) is 24.3 Å². The summed E-state index contributed by atoms with van der Waals surface area (Å²) < 4.78 is 10.5. The molecule has 0 bridgehead atoms. The highest BCUT2D eigenvalue weighted by Crippen LogP contribution is 2.19. The fraction of sp³-hybridized carbons (Fsp3) is 0.400. The van der Waals surface area contributed by atoms with Crippen molar-refractivity contribution in [3.8, 4) is 0 Å². The number of H-pyrrole nitrogens is 1. The van der Waals surface area contributed by atoms with Crippen molar-refractivity contribution in [3.05, 3.63) is 57.9 Å². The maximum absolute atomic E-state index is 12.6. The fourth-order valence-electron chi connectivity index (χ4n) is 2.83. The second-order valence-electron chi connectivity index (χ2n) is 5.93. The molecule has 0 spiro atoms. The minimum absolute atomic E-state index is 0.257. The first-order chi connectivity index (χ1) is 12.5. The Morgan fingerprint density at radius 1 is 1.08 bits per heavy atom. The van der Waals surface area contributed by atoms with Crippen molar-refractivity contribution in [2.24, 2.45) is 0 Å². The molecule has 2 N–H and O–H groups in total. The van der Waals surface area contributed by atoms with Crippen molar-refractivity contribution >= 4 is 11.9 Å². The van der Waals surface area contributed by atoms with Crippen LogP contribution in [0, 0.1) is 13.8 Å². The lowest BCUT2D eigenvalue weighted by Crippen LogP contribution is -2.24. The van der Waals surface area contributed by atoms with Gasteiger partial charge in [-0.15, -0.1) is 0 Å². The predicted octanol–water partition coefficient (Wildman–Crippen LogP) is 3.27. The highest BCUT2D eigenvalue weighted by Gasteiger charge is 2.22. The number of hydrogen-bond donors (Lipinski definition) is 2. The summed E-state index contributed by atoms with van der Waals surface area (Å²) in [5.41, 5.74) is 4.08. The maximum atomic E-state index is 12.6. The van der Waals surface area contributed by atoms with E-state index in [1.165, 1.54) is 0 Å². The van der Waals surface area contributed by atoms with Crippen molar-refractivity contribution in [2.45, 2.75) is 40.8 Å². The van der Waals surface area contributed by atoms with E-state index in [0.717, 1.165) is 11.1 Å². The van der Waals surface area contributed by atoms with Crippen LogP contribution in [0.4, 0.5) is 0 Å². The molecule has 1 aromatic heterocycles. The van der Waals surface area contributed by atoms with Gasteiger partial charge in [0.15, 0.2) is 0 Å².